The fourth-order valence-electron chi connectivity index (χ4n) is 2.81. The molecule has 0 aromatic heterocycles. The predicted molar refractivity (Wildman–Crippen MR) is 76.4 cm³/mol. The number of hydrogen-bond acceptors (Lipinski definition) is 2. The average molecular weight is 275 g/mol. The first-order valence-corrected chi connectivity index (χ1v) is 7.07. The van der Waals surface area contributed by atoms with E-state index in [9.17, 15) is 14.7 Å². The number of piperidine rings is 1. The molecule has 1 aliphatic heterocycles. The van der Waals surface area contributed by atoms with Gasteiger partial charge in [-0.15, -0.1) is 0 Å². The van der Waals surface area contributed by atoms with Gasteiger partial charge < -0.3 is 10.0 Å². The third kappa shape index (κ3) is 3.18. The fraction of sp³-hybridized carbons (Fsp3) is 0.500. The van der Waals surface area contributed by atoms with Gasteiger partial charge in [0, 0.05) is 12.6 Å². The van der Waals surface area contributed by atoms with E-state index in [1.807, 2.05) is 38.1 Å². The summed E-state index contributed by atoms with van der Waals surface area (Å²) in [4.78, 5) is 25.3. The second kappa shape index (κ2) is 6.07. The SMILES string of the molecule is Cc1ccc(CC(=O)N2CCC[C@@H](C(=O)O)[C@H]2C)cc1. The van der Waals surface area contributed by atoms with Crippen molar-refractivity contribution in [3.05, 3.63) is 35.4 Å². The molecule has 2 rings (SSSR count). The van der Waals surface area contributed by atoms with Crippen molar-refractivity contribution in [3.8, 4) is 0 Å². The van der Waals surface area contributed by atoms with Gasteiger partial charge in [0.15, 0.2) is 0 Å². The van der Waals surface area contributed by atoms with Gasteiger partial charge >= 0.3 is 5.97 Å². The fourth-order valence-corrected chi connectivity index (χ4v) is 2.81. The molecule has 0 radical (unpaired) electrons. The lowest BCUT2D eigenvalue weighted by Gasteiger charge is -2.37. The van der Waals surface area contributed by atoms with Crippen LogP contribution in [0.4, 0.5) is 0 Å². The van der Waals surface area contributed by atoms with Gasteiger partial charge in [-0.1, -0.05) is 29.8 Å². The van der Waals surface area contributed by atoms with Crippen LogP contribution in [-0.2, 0) is 16.0 Å². The van der Waals surface area contributed by atoms with Crippen molar-refractivity contribution in [1.29, 1.82) is 0 Å². The summed E-state index contributed by atoms with van der Waals surface area (Å²) in [6, 6.07) is 7.66. The molecule has 1 aromatic rings. The van der Waals surface area contributed by atoms with Crippen molar-refractivity contribution in [2.45, 2.75) is 39.2 Å². The first kappa shape index (κ1) is 14.6. The van der Waals surface area contributed by atoms with Crippen LogP contribution in [0.5, 0.6) is 0 Å². The molecule has 1 heterocycles. The van der Waals surface area contributed by atoms with Crippen molar-refractivity contribution >= 4 is 11.9 Å². The average Bonchev–Trinajstić information content (AvgIpc) is 2.41. The number of hydrogen-bond donors (Lipinski definition) is 1. The minimum absolute atomic E-state index is 0.0207. The number of carbonyl (C=O) groups excluding carboxylic acids is 1. The zero-order valence-electron chi connectivity index (χ0n) is 12.0. The molecular weight excluding hydrogens is 254 g/mol. The highest BCUT2D eigenvalue weighted by Crippen LogP contribution is 2.24. The van der Waals surface area contributed by atoms with Gasteiger partial charge in [-0.05, 0) is 32.3 Å². The second-order valence-corrected chi connectivity index (χ2v) is 5.58. The Kier molecular flexibility index (Phi) is 4.42. The van der Waals surface area contributed by atoms with Gasteiger partial charge in [-0.25, -0.2) is 0 Å². The monoisotopic (exact) mass is 275 g/mol. The quantitative estimate of drug-likeness (QED) is 0.920. The number of nitrogens with zero attached hydrogens (tertiary/aromatic N) is 1. The van der Waals surface area contributed by atoms with Crippen LogP contribution in [0.1, 0.15) is 30.9 Å². The van der Waals surface area contributed by atoms with Gasteiger partial charge in [0.2, 0.25) is 5.91 Å². The summed E-state index contributed by atoms with van der Waals surface area (Å²) in [5.74, 6) is -1.22. The summed E-state index contributed by atoms with van der Waals surface area (Å²) in [6.45, 7) is 4.51. The molecule has 1 aliphatic rings. The topological polar surface area (TPSA) is 57.6 Å². The molecule has 0 aliphatic carbocycles. The van der Waals surface area contributed by atoms with E-state index in [0.29, 0.717) is 19.4 Å². The number of rotatable bonds is 3. The van der Waals surface area contributed by atoms with E-state index in [1.54, 1.807) is 4.90 Å². The Labute approximate surface area is 119 Å². The third-order valence-electron chi connectivity index (χ3n) is 4.10. The lowest BCUT2D eigenvalue weighted by molar-refractivity contribution is -0.148. The highest BCUT2D eigenvalue weighted by molar-refractivity contribution is 5.80. The maximum Gasteiger partial charge on any atom is 0.308 e. The molecule has 20 heavy (non-hydrogen) atoms. The van der Waals surface area contributed by atoms with Gasteiger partial charge in [0.1, 0.15) is 0 Å². The van der Waals surface area contributed by atoms with Crippen LogP contribution in [-0.4, -0.2) is 34.5 Å². The number of benzene rings is 1. The van der Waals surface area contributed by atoms with Crippen LogP contribution in [0.25, 0.3) is 0 Å². The number of carboxylic acids is 1. The summed E-state index contributed by atoms with van der Waals surface area (Å²) in [6.07, 6.45) is 1.77. The Morgan fingerprint density at radius 3 is 2.55 bits per heavy atom. The van der Waals surface area contributed by atoms with Gasteiger partial charge in [0.25, 0.3) is 0 Å². The smallest absolute Gasteiger partial charge is 0.308 e. The number of amides is 1. The standard InChI is InChI=1S/C16H21NO3/c1-11-5-7-13(8-6-11)10-15(18)17-9-3-4-14(12(17)2)16(19)20/h5-8,12,14H,3-4,9-10H2,1-2H3,(H,19,20)/t12-,14-/m1/s1. The molecule has 4 heteroatoms. The Bertz CT molecular complexity index is 495. The Morgan fingerprint density at radius 1 is 1.30 bits per heavy atom. The number of aryl methyl sites for hydroxylation is 1. The molecule has 1 N–H and O–H groups in total. The highest BCUT2D eigenvalue weighted by Gasteiger charge is 2.35. The van der Waals surface area contributed by atoms with Crippen molar-refractivity contribution in [2.75, 3.05) is 6.54 Å². The molecule has 4 nitrogen and oxygen atoms in total. The maximum atomic E-state index is 12.4. The first-order valence-electron chi connectivity index (χ1n) is 7.07. The van der Waals surface area contributed by atoms with Crippen LogP contribution < -0.4 is 0 Å². The Morgan fingerprint density at radius 2 is 1.95 bits per heavy atom. The maximum absolute atomic E-state index is 12.4. The molecule has 0 spiro atoms. The summed E-state index contributed by atoms with van der Waals surface area (Å²) < 4.78 is 0. The Balaban J connectivity index is 2.04. The predicted octanol–water partition coefficient (Wildman–Crippen LogP) is 2.25. The minimum Gasteiger partial charge on any atom is -0.481 e. The first-order chi connectivity index (χ1) is 9.49. The number of carboxylic acid groups (broad SMARTS) is 1. The van der Waals surface area contributed by atoms with E-state index >= 15 is 0 Å². The summed E-state index contributed by atoms with van der Waals surface area (Å²) in [7, 11) is 0. The van der Waals surface area contributed by atoms with E-state index in [2.05, 4.69) is 0 Å². The Hall–Kier alpha value is -1.84. The molecule has 1 aromatic carbocycles. The molecule has 0 saturated carbocycles. The van der Waals surface area contributed by atoms with Gasteiger partial charge in [0.05, 0.1) is 12.3 Å². The van der Waals surface area contributed by atoms with Crippen LogP contribution in [0, 0.1) is 12.8 Å². The zero-order chi connectivity index (χ0) is 14.7. The van der Waals surface area contributed by atoms with E-state index < -0.39 is 11.9 Å². The van der Waals surface area contributed by atoms with Crippen LogP contribution in [0.15, 0.2) is 24.3 Å². The second-order valence-electron chi connectivity index (χ2n) is 5.58. The minimum atomic E-state index is -0.801. The van der Waals surface area contributed by atoms with Crippen LogP contribution in [0.3, 0.4) is 0 Å². The van der Waals surface area contributed by atoms with E-state index in [4.69, 9.17) is 0 Å². The number of aliphatic carboxylic acids is 1. The number of carbonyl (C=O) groups is 2. The normalized spacial score (nSPS) is 22.6. The lowest BCUT2D eigenvalue weighted by Crippen LogP contribution is -2.49. The molecular formula is C16H21NO3. The molecule has 0 unspecified atom stereocenters. The molecule has 108 valence electrons. The van der Waals surface area contributed by atoms with E-state index in [0.717, 1.165) is 12.0 Å². The summed E-state index contributed by atoms with van der Waals surface area (Å²) in [5, 5.41) is 9.19. The molecule has 1 amide bonds. The number of likely N-dealkylation sites (tertiary alicyclic amines) is 1. The van der Waals surface area contributed by atoms with Crippen molar-refractivity contribution in [1.82, 2.24) is 4.90 Å². The van der Waals surface area contributed by atoms with Crippen molar-refractivity contribution in [3.63, 3.8) is 0 Å². The molecule has 2 atom stereocenters. The largest absolute Gasteiger partial charge is 0.481 e. The van der Waals surface area contributed by atoms with E-state index in [1.165, 1.54) is 5.56 Å². The third-order valence-corrected chi connectivity index (χ3v) is 4.10. The van der Waals surface area contributed by atoms with Crippen molar-refractivity contribution < 1.29 is 14.7 Å². The van der Waals surface area contributed by atoms with Crippen LogP contribution in [0.2, 0.25) is 0 Å². The van der Waals surface area contributed by atoms with Gasteiger partial charge in [-0.3, -0.25) is 9.59 Å². The summed E-state index contributed by atoms with van der Waals surface area (Å²) in [5.41, 5.74) is 2.14. The van der Waals surface area contributed by atoms with Crippen molar-refractivity contribution in [2.24, 2.45) is 5.92 Å². The lowest BCUT2D eigenvalue weighted by atomic mass is 9.90. The summed E-state index contributed by atoms with van der Waals surface area (Å²) >= 11 is 0. The molecule has 0 bridgehead atoms. The molecule has 1 fully saturated rings. The highest BCUT2D eigenvalue weighted by atomic mass is 16.4. The van der Waals surface area contributed by atoms with E-state index in [-0.39, 0.29) is 11.9 Å². The zero-order valence-corrected chi connectivity index (χ0v) is 12.0. The van der Waals surface area contributed by atoms with Crippen LogP contribution >= 0.6 is 0 Å². The van der Waals surface area contributed by atoms with Gasteiger partial charge in [-0.2, -0.15) is 0 Å². The molecule has 1 saturated heterocycles.